The Bertz CT molecular complexity index is 561. The van der Waals surface area contributed by atoms with Gasteiger partial charge >= 0.3 is 6.75 Å². The first-order valence-electron chi connectivity index (χ1n) is 6.48. The largest absolute Gasteiger partial charge is 0.665 e. The molecule has 9 heteroatoms. The van der Waals surface area contributed by atoms with Crippen LogP contribution in [0.2, 0.25) is 0 Å². The molecule has 0 aliphatic carbocycles. The summed E-state index contributed by atoms with van der Waals surface area (Å²) in [6.45, 7) is -2.05. The number of aromatic carboxylic acids is 1. The van der Waals surface area contributed by atoms with Gasteiger partial charge in [-0.25, -0.2) is 4.39 Å². The van der Waals surface area contributed by atoms with Crippen LogP contribution in [0.5, 0.6) is 17.2 Å². The van der Waals surface area contributed by atoms with E-state index in [2.05, 4.69) is 0 Å². The first-order chi connectivity index (χ1) is 9.85. The van der Waals surface area contributed by atoms with Crippen LogP contribution in [0.3, 0.4) is 0 Å². The van der Waals surface area contributed by atoms with Gasteiger partial charge in [0.2, 0.25) is 0 Å². The fourth-order valence-electron chi connectivity index (χ4n) is 1.88. The van der Waals surface area contributed by atoms with Crippen LogP contribution in [0, 0.1) is 5.82 Å². The Hall–Kier alpha value is -2.00. The van der Waals surface area contributed by atoms with E-state index in [-0.39, 0.29) is 12.4 Å². The third kappa shape index (κ3) is 3.19. The molecule has 0 atom stereocenters. The molecule has 2 N–H and O–H groups in total. The summed E-state index contributed by atoms with van der Waals surface area (Å²) in [4.78, 5) is 11.2. The summed E-state index contributed by atoms with van der Waals surface area (Å²) in [5, 5.41) is 30.1. The Labute approximate surface area is 119 Å². The molecule has 2 rings (SSSR count). The summed E-state index contributed by atoms with van der Waals surface area (Å²) in [7, 11) is 0. The highest BCUT2D eigenvalue weighted by atomic mass is 19.1. The minimum Gasteiger partial charge on any atom is -0.665 e. The SMILES string of the molecule is CCCCOc1cc(F)c2c(c1C(=O)[O-])O[B-](O)(O)CO2. The molecule has 1 heterocycles. The van der Waals surface area contributed by atoms with Crippen molar-refractivity contribution in [3.05, 3.63) is 17.4 Å². The summed E-state index contributed by atoms with van der Waals surface area (Å²) in [5.74, 6) is -4.09. The van der Waals surface area contributed by atoms with Crippen molar-refractivity contribution >= 4 is 12.7 Å². The van der Waals surface area contributed by atoms with Crippen LogP contribution in [0.4, 0.5) is 4.39 Å². The van der Waals surface area contributed by atoms with Crippen molar-refractivity contribution in [2.45, 2.75) is 19.8 Å². The van der Waals surface area contributed by atoms with Crippen LogP contribution >= 0.6 is 0 Å². The van der Waals surface area contributed by atoms with Crippen molar-refractivity contribution in [2.75, 3.05) is 13.1 Å². The molecule has 0 saturated carbocycles. The van der Waals surface area contributed by atoms with Crippen LogP contribution in [0.15, 0.2) is 6.07 Å². The van der Waals surface area contributed by atoms with E-state index < -0.39 is 42.1 Å². The van der Waals surface area contributed by atoms with Crippen LogP contribution in [0.1, 0.15) is 30.1 Å². The summed E-state index contributed by atoms with van der Waals surface area (Å²) in [6.07, 6.45) is 1.43. The van der Waals surface area contributed by atoms with E-state index in [0.29, 0.717) is 6.42 Å². The minimum absolute atomic E-state index is 0.171. The highest BCUT2D eigenvalue weighted by molar-refractivity contribution is 6.58. The van der Waals surface area contributed by atoms with Crippen LogP contribution < -0.4 is 19.2 Å². The van der Waals surface area contributed by atoms with Crippen LogP contribution in [0.25, 0.3) is 0 Å². The van der Waals surface area contributed by atoms with Crippen molar-refractivity contribution < 1.29 is 38.5 Å². The van der Waals surface area contributed by atoms with Gasteiger partial charge in [-0.05, 0) is 6.42 Å². The molecule has 1 aliphatic heterocycles. The lowest BCUT2D eigenvalue weighted by Gasteiger charge is -2.37. The molecule has 0 radical (unpaired) electrons. The molecule has 7 nitrogen and oxygen atoms in total. The summed E-state index contributed by atoms with van der Waals surface area (Å²) < 4.78 is 28.7. The summed E-state index contributed by atoms with van der Waals surface area (Å²) in [6, 6.07) is 0.845. The maximum absolute atomic E-state index is 13.9. The molecule has 0 saturated heterocycles. The fourth-order valence-corrected chi connectivity index (χ4v) is 1.88. The number of carboxylic acid groups (broad SMARTS) is 1. The molecule has 0 bridgehead atoms. The molecule has 0 spiro atoms. The molecule has 0 unspecified atom stereocenters. The molecule has 1 aromatic rings. The molecule has 0 aromatic heterocycles. The van der Waals surface area contributed by atoms with Crippen LogP contribution in [-0.4, -0.2) is 35.9 Å². The van der Waals surface area contributed by atoms with E-state index in [4.69, 9.17) is 14.1 Å². The maximum Gasteiger partial charge on any atom is 0.467 e. The van der Waals surface area contributed by atoms with Gasteiger partial charge in [0.25, 0.3) is 0 Å². The third-order valence-corrected chi connectivity index (χ3v) is 2.87. The topological polar surface area (TPSA) is 108 Å². The zero-order chi connectivity index (χ0) is 15.6. The Morgan fingerprint density at radius 3 is 2.86 bits per heavy atom. The molecule has 21 heavy (non-hydrogen) atoms. The molecule has 0 amide bonds. The van der Waals surface area contributed by atoms with Crippen LogP contribution in [-0.2, 0) is 0 Å². The number of unbranched alkanes of at least 4 members (excludes halogenated alkanes) is 1. The average Bonchev–Trinajstić information content (AvgIpc) is 2.37. The number of halogens is 1. The number of benzene rings is 1. The molecule has 1 aromatic carbocycles. The Morgan fingerprint density at radius 2 is 2.24 bits per heavy atom. The smallest absolute Gasteiger partial charge is 0.467 e. The van der Waals surface area contributed by atoms with E-state index in [1.54, 1.807) is 0 Å². The predicted octanol–water partition coefficient (Wildman–Crippen LogP) is -0.398. The normalized spacial score (nSPS) is 15.6. The number of hydrogen-bond acceptors (Lipinski definition) is 7. The number of carboxylic acids is 1. The number of carbonyl (C=O) groups is 1. The Kier molecular flexibility index (Phi) is 4.24. The lowest BCUT2D eigenvalue weighted by Crippen LogP contribution is -2.52. The lowest BCUT2D eigenvalue weighted by atomic mass is 9.80. The maximum atomic E-state index is 13.9. The molecular weight excluding hydrogens is 286 g/mol. The van der Waals surface area contributed by atoms with E-state index >= 15 is 0 Å². The zero-order valence-corrected chi connectivity index (χ0v) is 11.3. The Morgan fingerprint density at radius 1 is 1.52 bits per heavy atom. The number of carbonyl (C=O) groups excluding carboxylic acids is 1. The second-order valence-electron chi connectivity index (χ2n) is 4.67. The number of rotatable bonds is 5. The fraction of sp³-hybridized carbons (Fsp3) is 0.417. The highest BCUT2D eigenvalue weighted by Crippen LogP contribution is 2.42. The third-order valence-electron chi connectivity index (χ3n) is 2.87. The van der Waals surface area contributed by atoms with Gasteiger partial charge in [0.15, 0.2) is 11.6 Å². The van der Waals surface area contributed by atoms with E-state index in [1.807, 2.05) is 6.92 Å². The quantitative estimate of drug-likeness (QED) is 0.562. The number of hydrogen-bond donors (Lipinski definition) is 2. The predicted molar refractivity (Wildman–Crippen MR) is 67.4 cm³/mol. The van der Waals surface area contributed by atoms with Gasteiger partial charge in [-0.3, -0.25) is 0 Å². The first kappa shape index (κ1) is 15.4. The molecule has 0 fully saturated rings. The van der Waals surface area contributed by atoms with E-state index in [9.17, 15) is 24.3 Å². The minimum atomic E-state index is -3.42. The second kappa shape index (κ2) is 5.78. The van der Waals surface area contributed by atoms with Crippen molar-refractivity contribution in [3.8, 4) is 17.2 Å². The lowest BCUT2D eigenvalue weighted by molar-refractivity contribution is -0.255. The number of fused-ring (bicyclic) bond motifs is 1. The van der Waals surface area contributed by atoms with Gasteiger partial charge in [-0.2, -0.15) is 0 Å². The monoisotopic (exact) mass is 300 g/mol. The van der Waals surface area contributed by atoms with Crippen molar-refractivity contribution in [3.63, 3.8) is 0 Å². The zero-order valence-electron chi connectivity index (χ0n) is 11.3. The van der Waals surface area contributed by atoms with E-state index in [0.717, 1.165) is 12.5 Å². The Balaban J connectivity index is 2.48. The van der Waals surface area contributed by atoms with Gasteiger partial charge < -0.3 is 34.1 Å². The van der Waals surface area contributed by atoms with Gasteiger partial charge in [0.1, 0.15) is 11.5 Å². The molecule has 116 valence electrons. The van der Waals surface area contributed by atoms with Crippen molar-refractivity contribution in [1.29, 1.82) is 0 Å². The second-order valence-corrected chi connectivity index (χ2v) is 4.67. The van der Waals surface area contributed by atoms with E-state index in [1.165, 1.54) is 0 Å². The van der Waals surface area contributed by atoms with Gasteiger partial charge in [0.05, 0.1) is 24.6 Å². The standard InChI is InChI=1S/C12H15BFO7/c1-2-3-4-19-8-5-7(14)10-11(9(8)12(15)16)21-13(17,18)6-20-10/h5,17-18H,2-4,6H2,1H3,(H,15,16)/q-1/p-1. The van der Waals surface area contributed by atoms with Gasteiger partial charge in [-0.1, -0.05) is 13.3 Å². The summed E-state index contributed by atoms with van der Waals surface area (Å²) in [5.41, 5.74) is -0.614. The van der Waals surface area contributed by atoms with Gasteiger partial charge in [0, 0.05) is 6.07 Å². The highest BCUT2D eigenvalue weighted by Gasteiger charge is 2.35. The number of ether oxygens (including phenoxy) is 2. The van der Waals surface area contributed by atoms with Crippen molar-refractivity contribution in [2.24, 2.45) is 0 Å². The first-order valence-corrected chi connectivity index (χ1v) is 6.48. The molecule has 1 aliphatic rings. The van der Waals surface area contributed by atoms with Crippen molar-refractivity contribution in [1.82, 2.24) is 0 Å². The molecular formula is C12H14BFO7-2. The van der Waals surface area contributed by atoms with Gasteiger partial charge in [-0.15, -0.1) is 0 Å². The summed E-state index contributed by atoms with van der Waals surface area (Å²) >= 11 is 0. The average molecular weight is 300 g/mol.